The van der Waals surface area contributed by atoms with Crippen LogP contribution >= 0.6 is 11.8 Å². The monoisotopic (exact) mass is 290 g/mol. The number of amides is 1. The largest absolute Gasteiger partial charge is 0.349 e. The SMILES string of the molecule is O=C(CSc1nc2c([nH]c3ccccc32)c(=O)[nH]1)NO. The summed E-state index contributed by atoms with van der Waals surface area (Å²) in [4.78, 5) is 32.9. The highest BCUT2D eigenvalue weighted by Gasteiger charge is 2.11. The zero-order valence-corrected chi connectivity index (χ0v) is 11.0. The van der Waals surface area contributed by atoms with Crippen molar-refractivity contribution in [2.75, 3.05) is 5.75 Å². The molecule has 1 amide bonds. The molecule has 0 saturated heterocycles. The van der Waals surface area contributed by atoms with Gasteiger partial charge in [0.2, 0.25) is 0 Å². The molecule has 7 nitrogen and oxygen atoms in total. The topological polar surface area (TPSA) is 111 Å². The number of hydrogen-bond acceptors (Lipinski definition) is 5. The van der Waals surface area contributed by atoms with E-state index in [-0.39, 0.29) is 11.3 Å². The molecule has 0 fully saturated rings. The number of nitrogens with zero attached hydrogens (tertiary/aromatic N) is 1. The maximum atomic E-state index is 12.0. The molecular formula is C12H10N4O3S. The van der Waals surface area contributed by atoms with E-state index in [1.807, 2.05) is 24.3 Å². The van der Waals surface area contributed by atoms with Gasteiger partial charge in [0, 0.05) is 10.9 Å². The highest BCUT2D eigenvalue weighted by Crippen LogP contribution is 2.22. The lowest BCUT2D eigenvalue weighted by molar-refractivity contribution is -0.126. The third-order valence-corrected chi connectivity index (χ3v) is 3.68. The van der Waals surface area contributed by atoms with Crippen LogP contribution in [0.15, 0.2) is 34.2 Å². The molecule has 0 bridgehead atoms. The minimum atomic E-state index is -0.559. The molecule has 0 saturated carbocycles. The van der Waals surface area contributed by atoms with Gasteiger partial charge < -0.3 is 4.98 Å². The Morgan fingerprint density at radius 2 is 2.15 bits per heavy atom. The van der Waals surface area contributed by atoms with E-state index in [2.05, 4.69) is 15.0 Å². The number of hydroxylamine groups is 1. The van der Waals surface area contributed by atoms with Crippen LogP contribution in [0.5, 0.6) is 0 Å². The van der Waals surface area contributed by atoms with Crippen LogP contribution in [0.3, 0.4) is 0 Å². The summed E-state index contributed by atoms with van der Waals surface area (Å²) in [6, 6.07) is 7.47. The number of H-pyrrole nitrogens is 2. The van der Waals surface area contributed by atoms with Crippen molar-refractivity contribution in [3.05, 3.63) is 34.6 Å². The normalized spacial score (nSPS) is 11.1. The number of thioether (sulfide) groups is 1. The smallest absolute Gasteiger partial charge is 0.275 e. The van der Waals surface area contributed by atoms with Gasteiger partial charge in [0.15, 0.2) is 5.16 Å². The van der Waals surface area contributed by atoms with Crippen molar-refractivity contribution in [1.29, 1.82) is 0 Å². The van der Waals surface area contributed by atoms with Gasteiger partial charge in [-0.1, -0.05) is 30.0 Å². The van der Waals surface area contributed by atoms with Gasteiger partial charge >= 0.3 is 0 Å². The molecule has 0 atom stereocenters. The van der Waals surface area contributed by atoms with Crippen LogP contribution in [0.1, 0.15) is 0 Å². The van der Waals surface area contributed by atoms with Gasteiger partial charge in [-0.3, -0.25) is 19.8 Å². The molecule has 3 rings (SSSR count). The van der Waals surface area contributed by atoms with Crippen LogP contribution in [0.25, 0.3) is 21.9 Å². The number of rotatable bonds is 3. The molecular weight excluding hydrogens is 280 g/mol. The van der Waals surface area contributed by atoms with Crippen molar-refractivity contribution in [2.24, 2.45) is 0 Å². The summed E-state index contributed by atoms with van der Waals surface area (Å²) >= 11 is 1.04. The van der Waals surface area contributed by atoms with Crippen molar-refractivity contribution in [3.8, 4) is 0 Å². The zero-order valence-electron chi connectivity index (χ0n) is 10.1. The van der Waals surface area contributed by atoms with Crippen molar-refractivity contribution < 1.29 is 10.0 Å². The van der Waals surface area contributed by atoms with Crippen molar-refractivity contribution in [2.45, 2.75) is 5.16 Å². The number of hydrogen-bond donors (Lipinski definition) is 4. The van der Waals surface area contributed by atoms with Gasteiger partial charge in [0.25, 0.3) is 11.5 Å². The number of nitrogens with one attached hydrogen (secondary N) is 3. The molecule has 1 aromatic carbocycles. The second-order valence-corrected chi connectivity index (χ2v) is 5.05. The fourth-order valence-electron chi connectivity index (χ4n) is 1.93. The molecule has 102 valence electrons. The summed E-state index contributed by atoms with van der Waals surface area (Å²) in [5, 5.41) is 9.62. The Hall–Kier alpha value is -2.32. The van der Waals surface area contributed by atoms with Crippen LogP contribution in [0.4, 0.5) is 0 Å². The molecule has 0 spiro atoms. The van der Waals surface area contributed by atoms with Gasteiger partial charge in [-0.05, 0) is 6.07 Å². The average Bonchev–Trinajstić information content (AvgIpc) is 2.84. The Balaban J connectivity index is 2.10. The van der Waals surface area contributed by atoms with Crippen LogP contribution in [-0.4, -0.2) is 31.8 Å². The maximum absolute atomic E-state index is 12.0. The Morgan fingerprint density at radius 3 is 2.95 bits per heavy atom. The Bertz CT molecular complexity index is 855. The standard InChI is InChI=1S/C12H10N4O3S/c17-8(16-19)5-20-12-14-9-6-3-1-2-4-7(6)13-10(9)11(18)15-12/h1-4,13,19H,5H2,(H,16,17)(H,14,15,18). The van der Waals surface area contributed by atoms with E-state index in [1.54, 1.807) is 0 Å². The zero-order chi connectivity index (χ0) is 14.1. The van der Waals surface area contributed by atoms with Crippen LogP contribution < -0.4 is 11.0 Å². The number of carbonyl (C=O) groups is 1. The Morgan fingerprint density at radius 1 is 1.35 bits per heavy atom. The highest BCUT2D eigenvalue weighted by atomic mass is 32.2. The second kappa shape index (κ2) is 4.99. The van der Waals surface area contributed by atoms with Gasteiger partial charge in [-0.15, -0.1) is 0 Å². The van der Waals surface area contributed by atoms with Crippen molar-refractivity contribution in [3.63, 3.8) is 0 Å². The van der Waals surface area contributed by atoms with E-state index in [0.717, 1.165) is 22.7 Å². The second-order valence-electron chi connectivity index (χ2n) is 4.09. The minimum Gasteiger partial charge on any atom is -0.349 e. The molecule has 0 aliphatic heterocycles. The lowest BCUT2D eigenvalue weighted by Gasteiger charge is -1.99. The summed E-state index contributed by atoms with van der Waals surface area (Å²) in [5.41, 5.74) is 3.03. The molecule has 0 radical (unpaired) electrons. The number of aromatic amines is 2. The fraction of sp³-hybridized carbons (Fsp3) is 0.0833. The first kappa shape index (κ1) is 12.7. The summed E-state index contributed by atoms with van der Waals surface area (Å²) in [7, 11) is 0. The molecule has 0 aliphatic carbocycles. The number of aromatic nitrogens is 3. The van der Waals surface area contributed by atoms with Gasteiger partial charge in [0.05, 0.1) is 5.75 Å². The first-order valence-corrected chi connectivity index (χ1v) is 6.74. The first-order valence-electron chi connectivity index (χ1n) is 5.75. The van der Waals surface area contributed by atoms with E-state index < -0.39 is 5.91 Å². The number of benzene rings is 1. The van der Waals surface area contributed by atoms with E-state index in [4.69, 9.17) is 5.21 Å². The molecule has 4 N–H and O–H groups in total. The van der Waals surface area contributed by atoms with Crippen molar-refractivity contribution >= 4 is 39.6 Å². The fourth-order valence-corrected chi connectivity index (χ4v) is 2.58. The average molecular weight is 290 g/mol. The molecule has 2 heterocycles. The summed E-state index contributed by atoms with van der Waals surface area (Å²) < 4.78 is 0. The quantitative estimate of drug-likeness (QED) is 0.249. The third-order valence-electron chi connectivity index (χ3n) is 2.80. The van der Waals surface area contributed by atoms with Crippen LogP contribution in [0, 0.1) is 0 Å². The predicted octanol–water partition coefficient (Wildman–Crippen LogP) is 1.00. The van der Waals surface area contributed by atoms with Gasteiger partial charge in [0.1, 0.15) is 11.0 Å². The molecule has 2 aromatic heterocycles. The first-order chi connectivity index (χ1) is 9.69. The molecule has 0 aliphatic rings. The number of fused-ring (bicyclic) bond motifs is 3. The van der Waals surface area contributed by atoms with Crippen LogP contribution in [0.2, 0.25) is 0 Å². The van der Waals surface area contributed by atoms with Gasteiger partial charge in [-0.2, -0.15) is 0 Å². The van der Waals surface area contributed by atoms with E-state index >= 15 is 0 Å². The minimum absolute atomic E-state index is 0.0344. The summed E-state index contributed by atoms with van der Waals surface area (Å²) in [5.74, 6) is -0.593. The third kappa shape index (κ3) is 2.15. The summed E-state index contributed by atoms with van der Waals surface area (Å²) in [6.07, 6.45) is 0. The molecule has 8 heteroatoms. The Kier molecular flexibility index (Phi) is 3.17. The molecule has 20 heavy (non-hydrogen) atoms. The van der Waals surface area contributed by atoms with E-state index in [1.165, 1.54) is 5.48 Å². The van der Waals surface area contributed by atoms with Gasteiger partial charge in [-0.25, -0.2) is 10.5 Å². The highest BCUT2D eigenvalue weighted by molar-refractivity contribution is 7.99. The number of para-hydroxylation sites is 1. The maximum Gasteiger partial charge on any atom is 0.275 e. The summed E-state index contributed by atoms with van der Waals surface area (Å²) in [6.45, 7) is 0. The molecule has 0 unspecified atom stereocenters. The van der Waals surface area contributed by atoms with E-state index in [0.29, 0.717) is 16.2 Å². The van der Waals surface area contributed by atoms with Crippen LogP contribution in [-0.2, 0) is 4.79 Å². The molecule has 3 aromatic rings. The van der Waals surface area contributed by atoms with E-state index in [9.17, 15) is 9.59 Å². The lowest BCUT2D eigenvalue weighted by atomic mass is 10.2. The Labute approximate surface area is 116 Å². The van der Waals surface area contributed by atoms with Crippen molar-refractivity contribution in [1.82, 2.24) is 20.4 Å². The lowest BCUT2D eigenvalue weighted by Crippen LogP contribution is -2.21. The number of carbonyl (C=O) groups excluding carboxylic acids is 1. The predicted molar refractivity (Wildman–Crippen MR) is 74.9 cm³/mol.